The highest BCUT2D eigenvalue weighted by atomic mass is 32.2. The number of amides is 1. The molecular formula is C23H30N2O3S. The third-order valence-corrected chi connectivity index (χ3v) is 7.07. The molecule has 0 saturated carbocycles. The zero-order valence-electron chi connectivity index (χ0n) is 17.7. The number of fused-ring (bicyclic) bond motifs is 1. The Hall–Kier alpha value is -2.34. The monoisotopic (exact) mass is 414 g/mol. The molecule has 1 amide bonds. The van der Waals surface area contributed by atoms with Crippen LogP contribution in [-0.4, -0.2) is 27.6 Å². The Balaban J connectivity index is 1.85. The van der Waals surface area contributed by atoms with Gasteiger partial charge in [-0.15, -0.1) is 0 Å². The zero-order chi connectivity index (χ0) is 21.2. The SMILES string of the molecule is CCC(NC(=O)c1cccc(N(C)S(C)(=O)=O)c1C)c1ccc2c(c1)CCCC2. The molecule has 0 heterocycles. The van der Waals surface area contributed by atoms with Crippen LogP contribution in [0.3, 0.4) is 0 Å². The fourth-order valence-electron chi connectivity index (χ4n) is 4.02. The van der Waals surface area contributed by atoms with Crippen molar-refractivity contribution < 1.29 is 13.2 Å². The van der Waals surface area contributed by atoms with Gasteiger partial charge in [0.05, 0.1) is 18.0 Å². The van der Waals surface area contributed by atoms with Gasteiger partial charge in [0.15, 0.2) is 0 Å². The van der Waals surface area contributed by atoms with E-state index in [-0.39, 0.29) is 11.9 Å². The molecule has 0 saturated heterocycles. The lowest BCUT2D eigenvalue weighted by molar-refractivity contribution is 0.0935. The number of hydrogen-bond acceptors (Lipinski definition) is 3. The van der Waals surface area contributed by atoms with E-state index in [0.29, 0.717) is 16.8 Å². The van der Waals surface area contributed by atoms with Gasteiger partial charge in [0.1, 0.15) is 0 Å². The summed E-state index contributed by atoms with van der Waals surface area (Å²) in [5.74, 6) is -0.184. The summed E-state index contributed by atoms with van der Waals surface area (Å²) < 4.78 is 25.0. The molecule has 156 valence electrons. The molecule has 0 radical (unpaired) electrons. The van der Waals surface area contributed by atoms with E-state index in [9.17, 15) is 13.2 Å². The van der Waals surface area contributed by atoms with Crippen LogP contribution in [-0.2, 0) is 22.9 Å². The first-order valence-corrected chi connectivity index (χ1v) is 12.0. The van der Waals surface area contributed by atoms with E-state index in [0.717, 1.165) is 31.1 Å². The van der Waals surface area contributed by atoms with Gasteiger partial charge in [-0.25, -0.2) is 8.42 Å². The number of anilines is 1. The van der Waals surface area contributed by atoms with E-state index in [2.05, 4.69) is 30.4 Å². The van der Waals surface area contributed by atoms with Gasteiger partial charge in [-0.3, -0.25) is 9.10 Å². The Morgan fingerprint density at radius 2 is 1.83 bits per heavy atom. The largest absolute Gasteiger partial charge is 0.345 e. The minimum absolute atomic E-state index is 0.0783. The first-order valence-electron chi connectivity index (χ1n) is 10.2. The number of nitrogens with one attached hydrogen (secondary N) is 1. The molecule has 3 rings (SSSR count). The van der Waals surface area contributed by atoms with Crippen LogP contribution in [0.2, 0.25) is 0 Å². The summed E-state index contributed by atoms with van der Waals surface area (Å²) in [4.78, 5) is 13.0. The molecule has 1 unspecified atom stereocenters. The lowest BCUT2D eigenvalue weighted by Crippen LogP contribution is -2.30. The maximum absolute atomic E-state index is 13.0. The molecule has 1 atom stereocenters. The molecule has 1 aliphatic carbocycles. The van der Waals surface area contributed by atoms with E-state index in [1.54, 1.807) is 25.1 Å². The fraction of sp³-hybridized carbons (Fsp3) is 0.435. The highest BCUT2D eigenvalue weighted by Crippen LogP contribution is 2.28. The summed E-state index contributed by atoms with van der Waals surface area (Å²) in [7, 11) is -1.90. The quantitative estimate of drug-likeness (QED) is 0.772. The second-order valence-corrected chi connectivity index (χ2v) is 9.86. The number of rotatable bonds is 6. The van der Waals surface area contributed by atoms with Crippen LogP contribution in [0, 0.1) is 6.92 Å². The maximum Gasteiger partial charge on any atom is 0.252 e. The number of benzene rings is 2. The molecule has 0 spiro atoms. The van der Waals surface area contributed by atoms with Crippen molar-refractivity contribution in [2.24, 2.45) is 0 Å². The van der Waals surface area contributed by atoms with Crippen molar-refractivity contribution in [2.75, 3.05) is 17.6 Å². The fourth-order valence-corrected chi connectivity index (χ4v) is 4.57. The molecule has 29 heavy (non-hydrogen) atoms. The minimum Gasteiger partial charge on any atom is -0.345 e. The number of hydrogen-bond donors (Lipinski definition) is 1. The molecule has 0 fully saturated rings. The summed E-state index contributed by atoms with van der Waals surface area (Å²) in [6.45, 7) is 3.84. The van der Waals surface area contributed by atoms with Crippen LogP contribution in [0.15, 0.2) is 36.4 Å². The van der Waals surface area contributed by atoms with Crippen molar-refractivity contribution >= 4 is 21.6 Å². The van der Waals surface area contributed by atoms with Crippen molar-refractivity contribution in [3.8, 4) is 0 Å². The third kappa shape index (κ3) is 4.64. The van der Waals surface area contributed by atoms with Gasteiger partial charge < -0.3 is 5.32 Å². The first kappa shape index (κ1) is 21.4. The van der Waals surface area contributed by atoms with Crippen LogP contribution in [0.25, 0.3) is 0 Å². The predicted octanol–water partition coefficient (Wildman–Crippen LogP) is 4.15. The van der Waals surface area contributed by atoms with Crippen molar-refractivity contribution in [3.63, 3.8) is 0 Å². The Kier molecular flexibility index (Phi) is 6.32. The maximum atomic E-state index is 13.0. The minimum atomic E-state index is -3.40. The number of nitrogens with zero attached hydrogens (tertiary/aromatic N) is 1. The molecule has 1 aliphatic rings. The van der Waals surface area contributed by atoms with Crippen molar-refractivity contribution in [1.29, 1.82) is 0 Å². The van der Waals surface area contributed by atoms with Crippen LogP contribution in [0.5, 0.6) is 0 Å². The van der Waals surface area contributed by atoms with E-state index in [4.69, 9.17) is 0 Å². The Morgan fingerprint density at radius 3 is 2.48 bits per heavy atom. The summed E-state index contributed by atoms with van der Waals surface area (Å²) in [6, 6.07) is 11.7. The molecule has 0 bridgehead atoms. The van der Waals surface area contributed by atoms with Gasteiger partial charge in [-0.05, 0) is 73.4 Å². The molecular weight excluding hydrogens is 384 g/mol. The highest BCUT2D eigenvalue weighted by Gasteiger charge is 2.21. The molecule has 0 aliphatic heterocycles. The van der Waals surface area contributed by atoms with Gasteiger partial charge >= 0.3 is 0 Å². The van der Waals surface area contributed by atoms with Crippen LogP contribution < -0.4 is 9.62 Å². The van der Waals surface area contributed by atoms with Gasteiger partial charge in [-0.2, -0.15) is 0 Å². The average Bonchev–Trinajstić information content (AvgIpc) is 2.70. The van der Waals surface area contributed by atoms with Crippen molar-refractivity contribution in [2.45, 2.75) is 52.0 Å². The zero-order valence-corrected chi connectivity index (χ0v) is 18.5. The topological polar surface area (TPSA) is 66.5 Å². The molecule has 1 N–H and O–H groups in total. The van der Waals surface area contributed by atoms with E-state index in [1.165, 1.54) is 35.3 Å². The summed E-state index contributed by atoms with van der Waals surface area (Å²) in [5, 5.41) is 3.14. The normalized spacial score (nSPS) is 14.8. The average molecular weight is 415 g/mol. The first-order chi connectivity index (χ1) is 13.7. The smallest absolute Gasteiger partial charge is 0.252 e. The number of sulfonamides is 1. The van der Waals surface area contributed by atoms with Crippen LogP contribution in [0.1, 0.15) is 64.8 Å². The highest BCUT2D eigenvalue weighted by molar-refractivity contribution is 7.92. The molecule has 5 nitrogen and oxygen atoms in total. The molecule has 0 aromatic heterocycles. The number of aryl methyl sites for hydroxylation is 2. The van der Waals surface area contributed by atoms with Gasteiger partial charge in [0.25, 0.3) is 5.91 Å². The van der Waals surface area contributed by atoms with Gasteiger partial charge in [0, 0.05) is 12.6 Å². The van der Waals surface area contributed by atoms with Crippen molar-refractivity contribution in [1.82, 2.24) is 5.32 Å². The van der Waals surface area contributed by atoms with Gasteiger partial charge in [-0.1, -0.05) is 31.2 Å². The molecule has 2 aromatic carbocycles. The van der Waals surface area contributed by atoms with Crippen LogP contribution in [0.4, 0.5) is 5.69 Å². The second-order valence-electron chi connectivity index (χ2n) is 7.85. The second kappa shape index (κ2) is 8.57. The van der Waals surface area contributed by atoms with E-state index in [1.807, 2.05) is 0 Å². The van der Waals surface area contributed by atoms with Crippen molar-refractivity contribution in [3.05, 3.63) is 64.2 Å². The summed E-state index contributed by atoms with van der Waals surface area (Å²) in [6.07, 6.45) is 6.65. The Labute approximate surface area is 174 Å². The summed E-state index contributed by atoms with van der Waals surface area (Å²) in [5.41, 5.74) is 5.61. The lowest BCUT2D eigenvalue weighted by atomic mass is 9.88. The number of carbonyl (C=O) groups is 1. The predicted molar refractivity (Wildman–Crippen MR) is 118 cm³/mol. The molecule has 2 aromatic rings. The summed E-state index contributed by atoms with van der Waals surface area (Å²) >= 11 is 0. The standard InChI is InChI=1S/C23H30N2O3S/c1-5-21(19-14-13-17-9-6-7-10-18(17)15-19)24-23(26)20-11-8-12-22(16(20)2)25(3)29(4,27)28/h8,11-15,21H,5-7,9-10H2,1-4H3,(H,24,26). The Morgan fingerprint density at radius 1 is 1.14 bits per heavy atom. The Bertz CT molecular complexity index is 1010. The van der Waals surface area contributed by atoms with E-state index < -0.39 is 10.0 Å². The number of carbonyl (C=O) groups excluding carboxylic acids is 1. The third-order valence-electron chi connectivity index (χ3n) is 5.88. The lowest BCUT2D eigenvalue weighted by Gasteiger charge is -2.23. The molecule has 6 heteroatoms. The van der Waals surface area contributed by atoms with Crippen LogP contribution >= 0.6 is 0 Å². The van der Waals surface area contributed by atoms with Gasteiger partial charge in [0.2, 0.25) is 10.0 Å². The van der Waals surface area contributed by atoms with E-state index >= 15 is 0 Å².